The number of nitrogens with one attached hydrogen (secondary N) is 2. The van der Waals surface area contributed by atoms with Crippen LogP contribution >= 0.6 is 0 Å². The van der Waals surface area contributed by atoms with Crippen LogP contribution in [-0.4, -0.2) is 27.6 Å². The van der Waals surface area contributed by atoms with Crippen LogP contribution in [0.4, 0.5) is 5.69 Å². The van der Waals surface area contributed by atoms with Crippen molar-refractivity contribution in [2.75, 3.05) is 5.32 Å². The number of carbonyl (C=O) groups excluding carboxylic acids is 2. The van der Waals surface area contributed by atoms with E-state index in [0.29, 0.717) is 23.8 Å². The number of carbonyl (C=O) groups is 2. The average molecular weight is 313 g/mol. The zero-order valence-electron chi connectivity index (χ0n) is 12.7. The average Bonchev–Trinajstić information content (AvgIpc) is 3.26. The maximum absolute atomic E-state index is 12.1. The molecule has 0 radical (unpaired) electrons. The van der Waals surface area contributed by atoms with Crippen LogP contribution in [0.5, 0.6) is 0 Å². The molecule has 1 heterocycles. The van der Waals surface area contributed by atoms with E-state index in [1.807, 2.05) is 12.1 Å². The molecule has 120 valence electrons. The number of anilines is 1. The lowest BCUT2D eigenvalue weighted by atomic mass is 10.1. The molecule has 0 spiro atoms. The van der Waals surface area contributed by atoms with E-state index >= 15 is 0 Å². The lowest BCUT2D eigenvalue weighted by Gasteiger charge is -2.04. The van der Waals surface area contributed by atoms with Crippen LogP contribution in [0.25, 0.3) is 0 Å². The Kier molecular flexibility index (Phi) is 4.38. The second-order valence-corrected chi connectivity index (χ2v) is 5.62. The van der Waals surface area contributed by atoms with Crippen molar-refractivity contribution in [2.24, 2.45) is 5.73 Å². The Morgan fingerprint density at radius 3 is 2.65 bits per heavy atom. The quantitative estimate of drug-likeness (QED) is 0.736. The molecule has 23 heavy (non-hydrogen) atoms. The highest BCUT2D eigenvalue weighted by molar-refractivity contribution is 6.04. The smallest absolute Gasteiger partial charge is 0.255 e. The zero-order chi connectivity index (χ0) is 16.2. The molecule has 0 aliphatic heterocycles. The largest absolute Gasteiger partial charge is 0.352 e. The van der Waals surface area contributed by atoms with E-state index in [9.17, 15) is 9.59 Å². The molecule has 1 aromatic heterocycles. The lowest BCUT2D eigenvalue weighted by molar-refractivity contribution is -0.122. The van der Waals surface area contributed by atoms with Crippen molar-refractivity contribution in [3.05, 3.63) is 47.8 Å². The third-order valence-corrected chi connectivity index (χ3v) is 3.59. The fraction of sp³-hybridized carbons (Fsp3) is 0.312. The molecule has 4 N–H and O–H groups in total. The first-order valence-corrected chi connectivity index (χ1v) is 7.56. The van der Waals surface area contributed by atoms with Gasteiger partial charge in [0.25, 0.3) is 5.91 Å². The molecule has 1 saturated carbocycles. The van der Waals surface area contributed by atoms with Gasteiger partial charge in [-0.25, -0.2) is 0 Å². The highest BCUT2D eigenvalue weighted by Crippen LogP contribution is 2.18. The Hall–Kier alpha value is -2.67. The highest BCUT2D eigenvalue weighted by atomic mass is 16.2. The molecule has 0 unspecified atom stereocenters. The molecule has 7 nitrogen and oxygen atoms in total. The first-order chi connectivity index (χ1) is 11.1. The van der Waals surface area contributed by atoms with Crippen molar-refractivity contribution in [2.45, 2.75) is 32.0 Å². The minimum atomic E-state index is -0.226. The molecular formula is C16H19N5O2. The van der Waals surface area contributed by atoms with E-state index < -0.39 is 0 Å². The van der Waals surface area contributed by atoms with E-state index in [1.54, 1.807) is 18.3 Å². The van der Waals surface area contributed by atoms with Crippen LogP contribution in [0.2, 0.25) is 0 Å². The Morgan fingerprint density at radius 2 is 2.00 bits per heavy atom. The van der Waals surface area contributed by atoms with Crippen LogP contribution in [0.15, 0.2) is 36.7 Å². The zero-order valence-corrected chi connectivity index (χ0v) is 12.7. The maximum atomic E-state index is 12.1. The number of benzene rings is 1. The normalized spacial score (nSPS) is 13.6. The molecular weight excluding hydrogens is 294 g/mol. The Bertz CT molecular complexity index is 704. The van der Waals surface area contributed by atoms with E-state index in [2.05, 4.69) is 15.7 Å². The number of hydrogen-bond donors (Lipinski definition) is 3. The minimum absolute atomic E-state index is 0.0640. The molecule has 7 heteroatoms. The van der Waals surface area contributed by atoms with Crippen molar-refractivity contribution in [3.8, 4) is 0 Å². The molecule has 0 bridgehead atoms. The summed E-state index contributed by atoms with van der Waals surface area (Å²) in [7, 11) is 0. The van der Waals surface area contributed by atoms with Gasteiger partial charge in [0.05, 0.1) is 11.9 Å². The SMILES string of the molecule is NCc1ccc(C(=O)Nc2cnn(CC(=O)NC3CC3)c2)cc1. The summed E-state index contributed by atoms with van der Waals surface area (Å²) in [6.07, 6.45) is 5.26. The summed E-state index contributed by atoms with van der Waals surface area (Å²) in [4.78, 5) is 23.8. The van der Waals surface area contributed by atoms with E-state index in [1.165, 1.54) is 10.9 Å². The summed E-state index contributed by atoms with van der Waals surface area (Å²) in [6, 6.07) is 7.42. The van der Waals surface area contributed by atoms with Gasteiger partial charge in [-0.2, -0.15) is 5.10 Å². The van der Waals surface area contributed by atoms with Crippen molar-refractivity contribution in [3.63, 3.8) is 0 Å². The van der Waals surface area contributed by atoms with Gasteiger partial charge in [-0.15, -0.1) is 0 Å². The van der Waals surface area contributed by atoms with Crippen molar-refractivity contribution < 1.29 is 9.59 Å². The highest BCUT2D eigenvalue weighted by Gasteiger charge is 2.23. The Labute approximate surface area is 133 Å². The molecule has 0 saturated heterocycles. The third-order valence-electron chi connectivity index (χ3n) is 3.59. The predicted octanol–water partition coefficient (Wildman–Crippen LogP) is 0.873. The van der Waals surface area contributed by atoms with Crippen molar-refractivity contribution in [1.82, 2.24) is 15.1 Å². The van der Waals surface area contributed by atoms with E-state index in [4.69, 9.17) is 5.73 Å². The fourth-order valence-corrected chi connectivity index (χ4v) is 2.16. The second kappa shape index (κ2) is 6.62. The first-order valence-electron chi connectivity index (χ1n) is 7.56. The molecule has 1 fully saturated rings. The van der Waals surface area contributed by atoms with Crippen LogP contribution < -0.4 is 16.4 Å². The van der Waals surface area contributed by atoms with Gasteiger partial charge in [-0.05, 0) is 30.5 Å². The molecule has 2 aromatic rings. The molecule has 1 aromatic carbocycles. The van der Waals surface area contributed by atoms with Crippen molar-refractivity contribution in [1.29, 1.82) is 0 Å². The van der Waals surface area contributed by atoms with Gasteiger partial charge in [0, 0.05) is 24.3 Å². The summed E-state index contributed by atoms with van der Waals surface area (Å²) >= 11 is 0. The summed E-state index contributed by atoms with van der Waals surface area (Å²) in [5.41, 5.74) is 7.60. The van der Waals surface area contributed by atoms with Gasteiger partial charge >= 0.3 is 0 Å². The monoisotopic (exact) mass is 313 g/mol. The van der Waals surface area contributed by atoms with Gasteiger partial charge in [-0.1, -0.05) is 12.1 Å². The third kappa shape index (κ3) is 4.17. The van der Waals surface area contributed by atoms with Crippen LogP contribution in [0, 0.1) is 0 Å². The number of aromatic nitrogens is 2. The van der Waals surface area contributed by atoms with Gasteiger partial charge in [0.1, 0.15) is 6.54 Å². The topological polar surface area (TPSA) is 102 Å². The Balaban J connectivity index is 1.56. The maximum Gasteiger partial charge on any atom is 0.255 e. The second-order valence-electron chi connectivity index (χ2n) is 5.62. The molecule has 0 atom stereocenters. The predicted molar refractivity (Wildman–Crippen MR) is 85.7 cm³/mol. The standard InChI is InChI=1S/C16H19N5O2/c17-7-11-1-3-12(4-2-11)16(23)20-14-8-18-21(9-14)10-15(22)19-13-5-6-13/h1-4,8-9,13H,5-7,10,17H2,(H,19,22)(H,20,23). The van der Waals surface area contributed by atoms with Crippen LogP contribution in [0.1, 0.15) is 28.8 Å². The molecule has 1 aliphatic carbocycles. The molecule has 2 amide bonds. The van der Waals surface area contributed by atoms with E-state index in [0.717, 1.165) is 18.4 Å². The van der Waals surface area contributed by atoms with Crippen LogP contribution in [-0.2, 0) is 17.9 Å². The summed E-state index contributed by atoms with van der Waals surface area (Å²) in [5, 5.41) is 9.73. The first kappa shape index (κ1) is 15.2. The summed E-state index contributed by atoms with van der Waals surface area (Å²) < 4.78 is 1.50. The number of amides is 2. The number of rotatable bonds is 6. The summed E-state index contributed by atoms with van der Waals surface area (Å²) in [5.74, 6) is -0.290. The van der Waals surface area contributed by atoms with E-state index in [-0.39, 0.29) is 18.4 Å². The van der Waals surface area contributed by atoms with Gasteiger partial charge in [0.2, 0.25) is 5.91 Å². The molecule has 3 rings (SSSR count). The molecule has 1 aliphatic rings. The lowest BCUT2D eigenvalue weighted by Crippen LogP contribution is -2.29. The summed E-state index contributed by atoms with van der Waals surface area (Å²) in [6.45, 7) is 0.592. The van der Waals surface area contributed by atoms with Crippen LogP contribution in [0.3, 0.4) is 0 Å². The van der Waals surface area contributed by atoms with Gasteiger partial charge < -0.3 is 16.4 Å². The Morgan fingerprint density at radius 1 is 1.26 bits per heavy atom. The van der Waals surface area contributed by atoms with Gasteiger partial charge in [0.15, 0.2) is 0 Å². The van der Waals surface area contributed by atoms with Gasteiger partial charge in [-0.3, -0.25) is 14.3 Å². The number of nitrogens with two attached hydrogens (primary N) is 1. The number of hydrogen-bond acceptors (Lipinski definition) is 4. The number of nitrogens with zero attached hydrogens (tertiary/aromatic N) is 2. The van der Waals surface area contributed by atoms with Crippen molar-refractivity contribution >= 4 is 17.5 Å². The minimum Gasteiger partial charge on any atom is -0.352 e. The fourth-order valence-electron chi connectivity index (χ4n) is 2.16.